The lowest BCUT2D eigenvalue weighted by molar-refractivity contribution is -0.386. The van der Waals surface area contributed by atoms with Gasteiger partial charge < -0.3 is 20.5 Å². The first-order valence-corrected chi connectivity index (χ1v) is 13.4. The number of carbonyl (C=O) groups is 1. The molecule has 3 aromatic carbocycles. The van der Waals surface area contributed by atoms with Crippen LogP contribution >= 0.6 is 23.4 Å². The minimum atomic E-state index is -0.935. The third-order valence-electron chi connectivity index (χ3n) is 6.23. The van der Waals surface area contributed by atoms with E-state index >= 15 is 0 Å². The van der Waals surface area contributed by atoms with Crippen LogP contribution < -0.4 is 15.4 Å². The summed E-state index contributed by atoms with van der Waals surface area (Å²) >= 11 is 7.66. The quantitative estimate of drug-likeness (QED) is 0.135. The maximum Gasteiger partial charge on any atom is 0.315 e. The van der Waals surface area contributed by atoms with Gasteiger partial charge in [-0.25, -0.2) is 4.68 Å². The molecule has 13 heteroatoms. The fourth-order valence-electron chi connectivity index (χ4n) is 4.34. The molecular weight excluding hydrogens is 556 g/mol. The monoisotopic (exact) mass is 578 g/mol. The predicted octanol–water partition coefficient (Wildman–Crippen LogP) is 5.77. The highest BCUT2D eigenvalue weighted by atomic mass is 35.5. The Balaban J connectivity index is 1.59. The molecule has 0 bridgehead atoms. The molecule has 4 aromatic rings. The van der Waals surface area contributed by atoms with Crippen LogP contribution in [0.2, 0.25) is 5.02 Å². The molecular formula is C27H23ClN6O5S. The summed E-state index contributed by atoms with van der Waals surface area (Å²) in [5.74, 6) is -0.327. The fourth-order valence-corrected chi connectivity index (χ4v) is 5.45. The number of halogens is 1. The van der Waals surface area contributed by atoms with Gasteiger partial charge in [-0.15, -0.1) is 5.10 Å². The average molecular weight is 579 g/mol. The van der Waals surface area contributed by atoms with Crippen LogP contribution in [0.25, 0.3) is 0 Å². The highest BCUT2D eigenvalue weighted by Gasteiger charge is 2.36. The number of benzene rings is 3. The third-order valence-corrected chi connectivity index (χ3v) is 7.49. The number of para-hydroxylation sites is 1. The molecule has 2 heterocycles. The van der Waals surface area contributed by atoms with Gasteiger partial charge in [0.2, 0.25) is 16.9 Å². The number of nitrogens with zero attached hydrogens (tertiary/aromatic N) is 4. The summed E-state index contributed by atoms with van der Waals surface area (Å²) in [6, 6.07) is 18.1. The number of nitro groups is 1. The van der Waals surface area contributed by atoms with Crippen LogP contribution in [0.15, 0.2) is 83.2 Å². The van der Waals surface area contributed by atoms with Gasteiger partial charge in [0.1, 0.15) is 6.04 Å². The molecule has 1 aliphatic rings. The van der Waals surface area contributed by atoms with Gasteiger partial charge in [0.05, 0.1) is 17.6 Å². The number of nitrogens with one attached hydrogen (secondary N) is 2. The zero-order chi connectivity index (χ0) is 28.4. The van der Waals surface area contributed by atoms with Gasteiger partial charge >= 0.3 is 5.69 Å². The molecule has 1 aliphatic heterocycles. The largest absolute Gasteiger partial charge is 0.500 e. The van der Waals surface area contributed by atoms with Gasteiger partial charge in [-0.1, -0.05) is 59.8 Å². The number of anilines is 2. The SMILES string of the molecule is COc1cc(C2C(C(=O)Nc3ccccc3)=C(C)Nc3nc(SCc4ccccc4Cl)nn32)cc([N+](=O)[O-])c1O. The van der Waals surface area contributed by atoms with E-state index in [1.807, 2.05) is 24.3 Å². The number of hydrogen-bond donors (Lipinski definition) is 3. The number of phenolic OH excluding ortho intramolecular Hbond substituents is 1. The van der Waals surface area contributed by atoms with Gasteiger partial charge in [0, 0.05) is 28.2 Å². The number of phenols is 1. The summed E-state index contributed by atoms with van der Waals surface area (Å²) < 4.78 is 6.73. The second-order valence-electron chi connectivity index (χ2n) is 8.78. The third kappa shape index (κ3) is 5.31. The van der Waals surface area contributed by atoms with Crippen LogP contribution in [0.4, 0.5) is 17.3 Å². The van der Waals surface area contributed by atoms with Crippen LogP contribution in [0.1, 0.15) is 24.1 Å². The number of aromatic hydroxyl groups is 1. The molecule has 1 unspecified atom stereocenters. The molecule has 204 valence electrons. The van der Waals surface area contributed by atoms with E-state index < -0.39 is 28.3 Å². The molecule has 0 saturated heterocycles. The van der Waals surface area contributed by atoms with Crippen molar-refractivity contribution in [1.82, 2.24) is 14.8 Å². The first kappa shape index (κ1) is 27.0. The Morgan fingerprint density at radius 1 is 1.23 bits per heavy atom. The number of ether oxygens (including phenoxy) is 1. The fraction of sp³-hybridized carbons (Fsp3) is 0.148. The minimum Gasteiger partial charge on any atom is -0.500 e. The van der Waals surface area contributed by atoms with Crippen LogP contribution in [0, 0.1) is 10.1 Å². The Morgan fingerprint density at radius 3 is 2.65 bits per heavy atom. The number of carbonyl (C=O) groups excluding carboxylic acids is 1. The maximum absolute atomic E-state index is 13.7. The minimum absolute atomic E-state index is 0.113. The van der Waals surface area contributed by atoms with Crippen LogP contribution in [-0.4, -0.2) is 37.8 Å². The molecule has 40 heavy (non-hydrogen) atoms. The van der Waals surface area contributed by atoms with Crippen molar-refractivity contribution in [3.8, 4) is 11.5 Å². The van der Waals surface area contributed by atoms with Crippen LogP contribution in [-0.2, 0) is 10.5 Å². The van der Waals surface area contributed by atoms with Crippen molar-refractivity contribution < 1.29 is 19.6 Å². The standard InChI is InChI=1S/C27H23ClN6O5S/c1-15-22(25(36)30-18-9-4-3-5-10-18)23(17-12-20(34(37)38)24(35)21(13-17)39-2)33-26(29-15)31-27(32-33)40-14-16-8-6-7-11-19(16)28/h3-13,23,35H,14H2,1-2H3,(H,30,36)(H,29,31,32). The smallest absolute Gasteiger partial charge is 0.315 e. The van der Waals surface area contributed by atoms with E-state index in [4.69, 9.17) is 16.3 Å². The van der Waals surface area contributed by atoms with E-state index in [9.17, 15) is 20.0 Å². The molecule has 11 nitrogen and oxygen atoms in total. The van der Waals surface area contributed by atoms with Crippen molar-refractivity contribution in [3.63, 3.8) is 0 Å². The van der Waals surface area contributed by atoms with E-state index in [1.165, 1.54) is 35.7 Å². The average Bonchev–Trinajstić information content (AvgIpc) is 3.34. The van der Waals surface area contributed by atoms with Crippen molar-refractivity contribution in [2.45, 2.75) is 23.9 Å². The van der Waals surface area contributed by atoms with E-state index in [-0.39, 0.29) is 11.3 Å². The second kappa shape index (κ2) is 11.3. The molecule has 0 fully saturated rings. The Kier molecular flexibility index (Phi) is 7.63. The maximum atomic E-state index is 13.7. The molecule has 0 spiro atoms. The normalized spacial score (nSPS) is 14.3. The summed E-state index contributed by atoms with van der Waals surface area (Å²) in [6.45, 7) is 1.72. The number of rotatable bonds is 8. The summed E-state index contributed by atoms with van der Waals surface area (Å²) in [5.41, 5.74) is 1.95. The molecule has 5 rings (SSSR count). The molecule has 1 aromatic heterocycles. The number of fused-ring (bicyclic) bond motifs is 1. The first-order chi connectivity index (χ1) is 19.3. The zero-order valence-electron chi connectivity index (χ0n) is 21.3. The first-order valence-electron chi connectivity index (χ1n) is 12.0. The Morgan fingerprint density at radius 2 is 1.95 bits per heavy atom. The van der Waals surface area contributed by atoms with Gasteiger partial charge in [0.15, 0.2) is 5.75 Å². The number of aromatic nitrogens is 3. The van der Waals surface area contributed by atoms with Gasteiger partial charge in [0.25, 0.3) is 5.91 Å². The van der Waals surface area contributed by atoms with Crippen molar-refractivity contribution in [1.29, 1.82) is 0 Å². The van der Waals surface area contributed by atoms with Crippen molar-refractivity contribution in [2.24, 2.45) is 0 Å². The molecule has 0 aliphatic carbocycles. The van der Waals surface area contributed by atoms with Crippen molar-refractivity contribution in [2.75, 3.05) is 17.7 Å². The van der Waals surface area contributed by atoms with Crippen LogP contribution in [0.3, 0.4) is 0 Å². The lowest BCUT2D eigenvalue weighted by Gasteiger charge is -2.28. The number of nitro benzene ring substituents is 1. The van der Waals surface area contributed by atoms with Gasteiger partial charge in [-0.3, -0.25) is 14.9 Å². The number of allylic oxidation sites excluding steroid dienone is 1. The summed E-state index contributed by atoms with van der Waals surface area (Å²) in [4.78, 5) is 29.3. The number of hydrogen-bond acceptors (Lipinski definition) is 9. The predicted molar refractivity (Wildman–Crippen MR) is 152 cm³/mol. The summed E-state index contributed by atoms with van der Waals surface area (Å²) in [5, 5.41) is 33.9. The highest BCUT2D eigenvalue weighted by Crippen LogP contribution is 2.43. The van der Waals surface area contributed by atoms with Gasteiger partial charge in [-0.2, -0.15) is 4.98 Å². The highest BCUT2D eigenvalue weighted by molar-refractivity contribution is 7.98. The number of methoxy groups -OCH3 is 1. The summed E-state index contributed by atoms with van der Waals surface area (Å²) in [6.07, 6.45) is 0. The Hall–Kier alpha value is -4.55. The lowest BCUT2D eigenvalue weighted by Crippen LogP contribution is -2.31. The second-order valence-corrected chi connectivity index (χ2v) is 10.1. The van der Waals surface area contributed by atoms with E-state index in [1.54, 1.807) is 37.3 Å². The van der Waals surface area contributed by atoms with Crippen LogP contribution in [0.5, 0.6) is 11.5 Å². The molecule has 3 N–H and O–H groups in total. The Labute approximate surface area is 238 Å². The van der Waals surface area contributed by atoms with E-state index in [0.717, 1.165) is 5.56 Å². The molecule has 1 amide bonds. The molecule has 0 saturated carbocycles. The van der Waals surface area contributed by atoms with E-state index in [2.05, 4.69) is 20.7 Å². The molecule has 0 radical (unpaired) electrons. The summed E-state index contributed by atoms with van der Waals surface area (Å²) in [7, 11) is 1.29. The van der Waals surface area contributed by atoms with E-state index in [0.29, 0.717) is 38.8 Å². The van der Waals surface area contributed by atoms with Gasteiger partial charge in [-0.05, 0) is 42.3 Å². The topological polar surface area (TPSA) is 144 Å². The molecule has 1 atom stereocenters. The number of amides is 1. The zero-order valence-corrected chi connectivity index (χ0v) is 22.9. The van der Waals surface area contributed by atoms with Crippen molar-refractivity contribution >= 4 is 46.6 Å². The Bertz CT molecular complexity index is 1640. The number of thioether (sulfide) groups is 1. The van der Waals surface area contributed by atoms with Crippen molar-refractivity contribution in [3.05, 3.63) is 104 Å². The lowest BCUT2D eigenvalue weighted by atomic mass is 9.94.